The highest BCUT2D eigenvalue weighted by Crippen LogP contribution is 2.38. The van der Waals surface area contributed by atoms with E-state index < -0.39 is 36.5 Å². The Morgan fingerprint density at radius 2 is 1.87 bits per heavy atom. The van der Waals surface area contributed by atoms with E-state index in [1.807, 2.05) is 0 Å². The lowest BCUT2D eigenvalue weighted by molar-refractivity contribution is -0.252. The minimum atomic E-state index is -1.01. The molecule has 0 bridgehead atoms. The quantitative estimate of drug-likeness (QED) is 0.778. The van der Waals surface area contributed by atoms with Crippen molar-refractivity contribution in [2.45, 2.75) is 50.3 Å². The van der Waals surface area contributed by atoms with Gasteiger partial charge in [-0.15, -0.1) is 0 Å². The molecular weight excluding hydrogens is 304 g/mol. The third kappa shape index (κ3) is 3.24. The van der Waals surface area contributed by atoms with Gasteiger partial charge in [0.25, 0.3) is 0 Å². The third-order valence-electron chi connectivity index (χ3n) is 3.91. The van der Waals surface area contributed by atoms with Crippen LogP contribution in [0.4, 0.5) is 0 Å². The highest BCUT2D eigenvalue weighted by Gasteiger charge is 2.55. The zero-order chi connectivity index (χ0) is 16.6. The predicted molar refractivity (Wildman–Crippen MR) is 78.0 cm³/mol. The van der Waals surface area contributed by atoms with E-state index in [4.69, 9.17) is 18.9 Å². The molecule has 7 heteroatoms. The van der Waals surface area contributed by atoms with Crippen molar-refractivity contribution >= 4 is 6.29 Å². The van der Waals surface area contributed by atoms with Crippen LogP contribution in [0.15, 0.2) is 24.3 Å². The van der Waals surface area contributed by atoms with Crippen molar-refractivity contribution in [1.29, 1.82) is 0 Å². The Hall–Kier alpha value is -1.51. The molecule has 0 aromatic heterocycles. The van der Waals surface area contributed by atoms with Crippen LogP contribution in [0, 0.1) is 0 Å². The molecule has 0 spiro atoms. The van der Waals surface area contributed by atoms with Crippen molar-refractivity contribution in [2.24, 2.45) is 0 Å². The second-order valence-electron chi connectivity index (χ2n) is 6.09. The molecular formula is C16H20O7. The van der Waals surface area contributed by atoms with Gasteiger partial charge in [0.1, 0.15) is 30.3 Å². The predicted octanol–water partition coefficient (Wildman–Crippen LogP) is 0.476. The number of aliphatic hydroxyl groups excluding tert-OH is 2. The number of hydrogen-bond acceptors (Lipinski definition) is 7. The lowest BCUT2D eigenvalue weighted by atomic mass is 9.99. The SMILES string of the molecule is CC1(C)O[C@@H]2[C@H](O)[C@@H](CO)O[C@@H](Oc3ccc(C=O)cc3)[C@@H]2O1. The number of carbonyl (C=O) groups excluding carboxylic acids is 1. The minimum Gasteiger partial charge on any atom is -0.462 e. The lowest BCUT2D eigenvalue weighted by Gasteiger charge is -2.39. The van der Waals surface area contributed by atoms with E-state index in [0.29, 0.717) is 11.3 Å². The van der Waals surface area contributed by atoms with Gasteiger partial charge in [-0.1, -0.05) is 0 Å². The van der Waals surface area contributed by atoms with E-state index in [9.17, 15) is 15.0 Å². The summed E-state index contributed by atoms with van der Waals surface area (Å²) < 4.78 is 22.9. The molecule has 0 radical (unpaired) electrons. The Morgan fingerprint density at radius 1 is 1.22 bits per heavy atom. The van der Waals surface area contributed by atoms with Gasteiger partial charge < -0.3 is 29.2 Å². The van der Waals surface area contributed by atoms with Crippen LogP contribution in [0.2, 0.25) is 0 Å². The molecule has 2 aliphatic heterocycles. The number of fused-ring (bicyclic) bond motifs is 1. The van der Waals surface area contributed by atoms with Gasteiger partial charge in [0, 0.05) is 5.56 Å². The smallest absolute Gasteiger partial charge is 0.229 e. The first kappa shape index (κ1) is 16.4. The first-order chi connectivity index (χ1) is 10.9. The van der Waals surface area contributed by atoms with Gasteiger partial charge in [0.2, 0.25) is 6.29 Å². The van der Waals surface area contributed by atoms with Crippen molar-refractivity contribution in [3.63, 3.8) is 0 Å². The standard InChI is InChI=1S/C16H20O7/c1-16(2)22-13-12(19)11(8-18)21-15(14(13)23-16)20-10-5-3-9(7-17)4-6-10/h3-7,11-15,18-19H,8H2,1-2H3/t11-,12-,13-,14-,15-/m1/s1. The van der Waals surface area contributed by atoms with Gasteiger partial charge >= 0.3 is 0 Å². The lowest BCUT2D eigenvalue weighted by Crippen LogP contribution is -2.58. The van der Waals surface area contributed by atoms with E-state index in [2.05, 4.69) is 0 Å². The minimum absolute atomic E-state index is 0.363. The van der Waals surface area contributed by atoms with E-state index >= 15 is 0 Å². The first-order valence-corrected chi connectivity index (χ1v) is 7.45. The maximum atomic E-state index is 10.7. The molecule has 2 fully saturated rings. The molecule has 3 rings (SSSR count). The normalized spacial score (nSPS) is 35.6. The van der Waals surface area contributed by atoms with Crippen LogP contribution in [0.3, 0.4) is 0 Å². The van der Waals surface area contributed by atoms with Gasteiger partial charge in [-0.05, 0) is 38.1 Å². The molecule has 5 atom stereocenters. The fraction of sp³-hybridized carbons (Fsp3) is 0.562. The van der Waals surface area contributed by atoms with Crippen molar-refractivity contribution in [1.82, 2.24) is 0 Å². The van der Waals surface area contributed by atoms with Gasteiger partial charge in [-0.25, -0.2) is 0 Å². The molecule has 0 amide bonds. The van der Waals surface area contributed by atoms with E-state index in [0.717, 1.165) is 6.29 Å². The number of aldehydes is 1. The van der Waals surface area contributed by atoms with Gasteiger partial charge in [-0.2, -0.15) is 0 Å². The Bertz CT molecular complexity index is 556. The highest BCUT2D eigenvalue weighted by molar-refractivity contribution is 5.74. The van der Waals surface area contributed by atoms with Crippen LogP contribution in [0.1, 0.15) is 24.2 Å². The molecule has 1 aromatic carbocycles. The summed E-state index contributed by atoms with van der Waals surface area (Å²) in [4.78, 5) is 10.7. The summed E-state index contributed by atoms with van der Waals surface area (Å²) in [5.74, 6) is -0.395. The van der Waals surface area contributed by atoms with Crippen LogP contribution < -0.4 is 4.74 Å². The Morgan fingerprint density at radius 3 is 2.48 bits per heavy atom. The summed E-state index contributed by atoms with van der Waals surface area (Å²) in [6.45, 7) is 3.11. The van der Waals surface area contributed by atoms with Crippen LogP contribution >= 0.6 is 0 Å². The average Bonchev–Trinajstić information content (AvgIpc) is 2.87. The Labute approximate surface area is 133 Å². The van der Waals surface area contributed by atoms with Crippen LogP contribution in [-0.2, 0) is 14.2 Å². The fourth-order valence-corrected chi connectivity index (χ4v) is 2.84. The van der Waals surface area contributed by atoms with Crippen molar-refractivity contribution < 1.29 is 34.0 Å². The topological polar surface area (TPSA) is 94.5 Å². The fourth-order valence-electron chi connectivity index (χ4n) is 2.84. The second kappa shape index (κ2) is 6.18. The van der Waals surface area contributed by atoms with Crippen LogP contribution in [-0.4, -0.2) is 59.6 Å². The Kier molecular flexibility index (Phi) is 4.39. The van der Waals surface area contributed by atoms with E-state index in [1.165, 1.54) is 0 Å². The molecule has 2 N–H and O–H groups in total. The van der Waals surface area contributed by atoms with Crippen LogP contribution in [0.5, 0.6) is 5.75 Å². The molecule has 2 saturated heterocycles. The van der Waals surface area contributed by atoms with Gasteiger partial charge in [-0.3, -0.25) is 4.79 Å². The number of ether oxygens (including phenoxy) is 4. The highest BCUT2D eigenvalue weighted by atomic mass is 16.8. The molecule has 0 aliphatic carbocycles. The second-order valence-corrected chi connectivity index (χ2v) is 6.09. The molecule has 1 aromatic rings. The van der Waals surface area contributed by atoms with Crippen molar-refractivity contribution in [3.05, 3.63) is 29.8 Å². The molecule has 23 heavy (non-hydrogen) atoms. The number of benzene rings is 1. The zero-order valence-corrected chi connectivity index (χ0v) is 12.9. The molecule has 2 aliphatic rings. The zero-order valence-electron chi connectivity index (χ0n) is 12.9. The summed E-state index contributed by atoms with van der Waals surface area (Å²) in [5.41, 5.74) is 0.532. The first-order valence-electron chi connectivity index (χ1n) is 7.45. The number of carbonyl (C=O) groups is 1. The molecule has 0 saturated carbocycles. The molecule has 0 unspecified atom stereocenters. The van der Waals surface area contributed by atoms with E-state index in [-0.39, 0.29) is 6.61 Å². The Balaban J connectivity index is 1.80. The van der Waals surface area contributed by atoms with Crippen molar-refractivity contribution in [2.75, 3.05) is 6.61 Å². The number of aliphatic hydroxyl groups is 2. The number of rotatable bonds is 4. The maximum absolute atomic E-state index is 10.7. The van der Waals surface area contributed by atoms with Crippen molar-refractivity contribution in [3.8, 4) is 5.75 Å². The van der Waals surface area contributed by atoms with E-state index in [1.54, 1.807) is 38.1 Å². The van der Waals surface area contributed by atoms with Crippen LogP contribution in [0.25, 0.3) is 0 Å². The maximum Gasteiger partial charge on any atom is 0.229 e. The summed E-state index contributed by atoms with van der Waals surface area (Å²) in [7, 11) is 0. The molecule has 7 nitrogen and oxygen atoms in total. The van der Waals surface area contributed by atoms with Gasteiger partial charge in [0.05, 0.1) is 6.61 Å². The largest absolute Gasteiger partial charge is 0.462 e. The molecule has 2 heterocycles. The summed E-state index contributed by atoms with van der Waals surface area (Å²) in [6.07, 6.45) is -3.23. The summed E-state index contributed by atoms with van der Waals surface area (Å²) in [6, 6.07) is 6.53. The average molecular weight is 324 g/mol. The molecule has 126 valence electrons. The summed E-state index contributed by atoms with van der Waals surface area (Å²) >= 11 is 0. The van der Waals surface area contributed by atoms with Gasteiger partial charge in [0.15, 0.2) is 11.9 Å². The monoisotopic (exact) mass is 324 g/mol. The number of hydrogen-bond donors (Lipinski definition) is 2. The summed E-state index contributed by atoms with van der Waals surface area (Å²) in [5, 5.41) is 19.6. The third-order valence-corrected chi connectivity index (χ3v) is 3.91.